The van der Waals surface area contributed by atoms with Crippen LogP contribution in [0.5, 0.6) is 0 Å². The monoisotopic (exact) mass is 181 g/mol. The van der Waals surface area contributed by atoms with Gasteiger partial charge in [-0.2, -0.15) is 5.10 Å². The van der Waals surface area contributed by atoms with Crippen molar-refractivity contribution >= 4 is 5.97 Å². The molecule has 70 valence electrons. The Morgan fingerprint density at radius 3 is 2.77 bits per heavy atom. The Labute approximate surface area is 75.7 Å². The van der Waals surface area contributed by atoms with Gasteiger partial charge in [-0.25, -0.2) is 4.98 Å². The van der Waals surface area contributed by atoms with E-state index in [0.29, 0.717) is 5.82 Å². The molecule has 5 heteroatoms. The van der Waals surface area contributed by atoms with Crippen molar-refractivity contribution < 1.29 is 9.53 Å². The third-order valence-electron chi connectivity index (χ3n) is 2.47. The van der Waals surface area contributed by atoms with Gasteiger partial charge < -0.3 is 4.74 Å². The fourth-order valence-electron chi connectivity index (χ4n) is 1.57. The van der Waals surface area contributed by atoms with Gasteiger partial charge in [0.2, 0.25) is 0 Å². The van der Waals surface area contributed by atoms with Gasteiger partial charge in [0, 0.05) is 7.05 Å². The number of ether oxygens (including phenoxy) is 1. The van der Waals surface area contributed by atoms with Crippen LogP contribution >= 0.6 is 0 Å². The lowest BCUT2D eigenvalue weighted by Gasteiger charge is -2.10. The average molecular weight is 181 g/mol. The van der Waals surface area contributed by atoms with Gasteiger partial charge in [0.05, 0.1) is 7.11 Å². The maximum atomic E-state index is 11.4. The molecule has 13 heavy (non-hydrogen) atoms. The first-order valence-electron chi connectivity index (χ1n) is 4.13. The van der Waals surface area contributed by atoms with Crippen molar-refractivity contribution in [3.8, 4) is 0 Å². The molecule has 1 aromatic heterocycles. The van der Waals surface area contributed by atoms with E-state index in [1.165, 1.54) is 13.4 Å². The highest BCUT2D eigenvalue weighted by Crippen LogP contribution is 2.47. The summed E-state index contributed by atoms with van der Waals surface area (Å²) in [6.07, 6.45) is 3.08. The zero-order valence-corrected chi connectivity index (χ0v) is 7.65. The smallest absolute Gasteiger partial charge is 0.319 e. The van der Waals surface area contributed by atoms with Gasteiger partial charge in [0.25, 0.3) is 0 Å². The van der Waals surface area contributed by atoms with Gasteiger partial charge in [-0.05, 0) is 12.8 Å². The molecule has 0 atom stereocenters. The molecule has 0 spiro atoms. The van der Waals surface area contributed by atoms with Crippen molar-refractivity contribution in [1.29, 1.82) is 0 Å². The van der Waals surface area contributed by atoms with E-state index < -0.39 is 5.41 Å². The molecule has 0 amide bonds. The maximum absolute atomic E-state index is 11.4. The van der Waals surface area contributed by atoms with Crippen molar-refractivity contribution in [3.63, 3.8) is 0 Å². The number of esters is 1. The SMILES string of the molecule is COC(=O)C1(c2ncnn2C)CC1. The summed E-state index contributed by atoms with van der Waals surface area (Å²) in [7, 11) is 3.18. The quantitative estimate of drug-likeness (QED) is 0.603. The standard InChI is InChI=1S/C8H11N3O2/c1-11-6(9-5-10-11)8(3-4-8)7(12)13-2/h5H,3-4H2,1-2H3. The van der Waals surface area contributed by atoms with Crippen LogP contribution in [0.3, 0.4) is 0 Å². The van der Waals surface area contributed by atoms with Crippen LogP contribution in [0.4, 0.5) is 0 Å². The molecule has 5 nitrogen and oxygen atoms in total. The summed E-state index contributed by atoms with van der Waals surface area (Å²) in [6.45, 7) is 0. The number of nitrogens with zero attached hydrogens (tertiary/aromatic N) is 3. The lowest BCUT2D eigenvalue weighted by Crippen LogP contribution is -2.25. The first-order chi connectivity index (χ1) is 6.20. The summed E-state index contributed by atoms with van der Waals surface area (Å²) in [6, 6.07) is 0. The van der Waals surface area contributed by atoms with Gasteiger partial charge >= 0.3 is 5.97 Å². The zero-order valence-electron chi connectivity index (χ0n) is 7.65. The van der Waals surface area contributed by atoms with E-state index in [2.05, 4.69) is 10.1 Å². The Morgan fingerprint density at radius 2 is 2.38 bits per heavy atom. The van der Waals surface area contributed by atoms with Crippen molar-refractivity contribution in [2.24, 2.45) is 7.05 Å². The molecular weight excluding hydrogens is 170 g/mol. The second-order valence-electron chi connectivity index (χ2n) is 3.28. The highest BCUT2D eigenvalue weighted by atomic mass is 16.5. The molecule has 0 unspecified atom stereocenters. The van der Waals surface area contributed by atoms with E-state index in [4.69, 9.17) is 4.74 Å². The van der Waals surface area contributed by atoms with Crippen LogP contribution in [0.2, 0.25) is 0 Å². The molecule has 0 aliphatic heterocycles. The van der Waals surface area contributed by atoms with Crippen molar-refractivity contribution in [2.45, 2.75) is 18.3 Å². The van der Waals surface area contributed by atoms with Crippen LogP contribution in [-0.2, 0) is 22.0 Å². The number of aryl methyl sites for hydroxylation is 1. The molecule has 0 bridgehead atoms. The number of carbonyl (C=O) groups excluding carboxylic acids is 1. The Balaban J connectivity index is 2.36. The van der Waals surface area contributed by atoms with Gasteiger partial charge in [-0.1, -0.05) is 0 Å². The zero-order chi connectivity index (χ0) is 9.47. The first-order valence-corrected chi connectivity index (χ1v) is 4.13. The summed E-state index contributed by atoms with van der Waals surface area (Å²) >= 11 is 0. The van der Waals surface area contributed by atoms with E-state index in [0.717, 1.165) is 12.8 Å². The van der Waals surface area contributed by atoms with Crippen LogP contribution in [0.15, 0.2) is 6.33 Å². The van der Waals surface area contributed by atoms with Crippen LogP contribution in [0.1, 0.15) is 18.7 Å². The summed E-state index contributed by atoms with van der Waals surface area (Å²) < 4.78 is 6.37. The van der Waals surface area contributed by atoms with E-state index in [-0.39, 0.29) is 5.97 Å². The van der Waals surface area contributed by atoms with E-state index >= 15 is 0 Å². The minimum absolute atomic E-state index is 0.205. The number of hydrogen-bond donors (Lipinski definition) is 0. The summed E-state index contributed by atoms with van der Waals surface area (Å²) in [5.74, 6) is 0.503. The highest BCUT2D eigenvalue weighted by molar-refractivity contribution is 5.85. The Kier molecular flexibility index (Phi) is 1.61. The van der Waals surface area contributed by atoms with Crippen molar-refractivity contribution in [1.82, 2.24) is 14.8 Å². The van der Waals surface area contributed by atoms with Gasteiger partial charge in [0.1, 0.15) is 17.6 Å². The third-order valence-corrected chi connectivity index (χ3v) is 2.47. The average Bonchev–Trinajstić information content (AvgIpc) is 2.83. The molecule has 0 saturated heterocycles. The van der Waals surface area contributed by atoms with Crippen LogP contribution in [-0.4, -0.2) is 27.8 Å². The fourth-order valence-corrected chi connectivity index (χ4v) is 1.57. The normalized spacial score (nSPS) is 18.3. The molecule has 1 aliphatic rings. The molecule has 1 fully saturated rings. The number of hydrogen-bond acceptors (Lipinski definition) is 4. The number of methoxy groups -OCH3 is 1. The molecule has 0 radical (unpaired) electrons. The summed E-state index contributed by atoms with van der Waals surface area (Å²) in [5.41, 5.74) is -0.500. The minimum Gasteiger partial charge on any atom is -0.468 e. The van der Waals surface area contributed by atoms with E-state index in [1.807, 2.05) is 0 Å². The van der Waals surface area contributed by atoms with E-state index in [1.54, 1.807) is 11.7 Å². The first kappa shape index (κ1) is 8.22. The molecule has 1 saturated carbocycles. The summed E-state index contributed by atoms with van der Waals surface area (Å²) in [4.78, 5) is 15.5. The second kappa shape index (κ2) is 2.55. The van der Waals surface area contributed by atoms with Crippen LogP contribution in [0.25, 0.3) is 0 Å². The molecule has 1 aromatic rings. The van der Waals surface area contributed by atoms with Gasteiger partial charge in [-0.3, -0.25) is 9.48 Å². The largest absolute Gasteiger partial charge is 0.468 e. The number of carbonyl (C=O) groups is 1. The van der Waals surface area contributed by atoms with Crippen molar-refractivity contribution in [2.75, 3.05) is 7.11 Å². The third kappa shape index (κ3) is 1.03. The topological polar surface area (TPSA) is 57.0 Å². The predicted molar refractivity (Wildman–Crippen MR) is 43.9 cm³/mol. The van der Waals surface area contributed by atoms with Gasteiger partial charge in [0.15, 0.2) is 0 Å². The van der Waals surface area contributed by atoms with Crippen LogP contribution < -0.4 is 0 Å². The summed E-state index contributed by atoms with van der Waals surface area (Å²) in [5, 5.41) is 3.94. The van der Waals surface area contributed by atoms with E-state index in [9.17, 15) is 4.79 Å². The predicted octanol–water partition coefficient (Wildman–Crippen LogP) is 0.0197. The fraction of sp³-hybridized carbons (Fsp3) is 0.625. The molecule has 2 rings (SSSR count). The Bertz CT molecular complexity index is 341. The number of aromatic nitrogens is 3. The second-order valence-corrected chi connectivity index (χ2v) is 3.28. The molecule has 1 heterocycles. The lowest BCUT2D eigenvalue weighted by atomic mass is 10.1. The van der Waals surface area contributed by atoms with Crippen molar-refractivity contribution in [3.05, 3.63) is 12.2 Å². The Hall–Kier alpha value is -1.39. The van der Waals surface area contributed by atoms with Crippen LogP contribution in [0, 0.1) is 0 Å². The van der Waals surface area contributed by atoms with Gasteiger partial charge in [-0.15, -0.1) is 0 Å². The molecule has 0 N–H and O–H groups in total. The lowest BCUT2D eigenvalue weighted by molar-refractivity contribution is -0.144. The molecule has 1 aliphatic carbocycles. The number of rotatable bonds is 2. The maximum Gasteiger partial charge on any atom is 0.319 e. The molecular formula is C8H11N3O2. The molecule has 0 aromatic carbocycles. The Morgan fingerprint density at radius 1 is 1.69 bits per heavy atom. The minimum atomic E-state index is -0.500. The highest BCUT2D eigenvalue weighted by Gasteiger charge is 2.55.